The van der Waals surface area contributed by atoms with E-state index < -0.39 is 0 Å². The van der Waals surface area contributed by atoms with E-state index in [-0.39, 0.29) is 0 Å². The van der Waals surface area contributed by atoms with Gasteiger partial charge >= 0.3 is 0 Å². The lowest BCUT2D eigenvalue weighted by molar-refractivity contribution is 0.148. The molecule has 3 aromatic heterocycles. The van der Waals surface area contributed by atoms with Gasteiger partial charge in [0.05, 0.1) is 5.56 Å². The van der Waals surface area contributed by atoms with E-state index in [1.54, 1.807) is 17.1 Å². The van der Waals surface area contributed by atoms with Crippen molar-refractivity contribution in [2.24, 2.45) is 0 Å². The first kappa shape index (κ1) is 18.7. The molecule has 152 valence electrons. The van der Waals surface area contributed by atoms with E-state index in [1.165, 1.54) is 5.56 Å². The molecular weight excluding hydrogens is 378 g/mol. The molecule has 8 heteroatoms. The Labute approximate surface area is 174 Å². The quantitative estimate of drug-likeness (QED) is 0.509. The Morgan fingerprint density at radius 1 is 1.00 bits per heavy atom. The van der Waals surface area contributed by atoms with E-state index in [0.717, 1.165) is 49.7 Å². The Morgan fingerprint density at radius 2 is 1.90 bits per heavy atom. The van der Waals surface area contributed by atoms with Crippen LogP contribution in [0.2, 0.25) is 0 Å². The third-order valence-electron chi connectivity index (χ3n) is 5.35. The van der Waals surface area contributed by atoms with Gasteiger partial charge in [0.25, 0.3) is 5.89 Å². The number of piperazine rings is 1. The summed E-state index contributed by atoms with van der Waals surface area (Å²) in [6.45, 7) is 5.34. The van der Waals surface area contributed by atoms with Gasteiger partial charge in [-0.15, -0.1) is 0 Å². The first-order valence-electron chi connectivity index (χ1n) is 10.0. The molecule has 1 aliphatic rings. The Hall–Kier alpha value is -3.36. The van der Waals surface area contributed by atoms with Crippen LogP contribution in [0.25, 0.3) is 28.7 Å². The van der Waals surface area contributed by atoms with Crippen molar-refractivity contribution in [2.45, 2.75) is 6.54 Å². The standard InChI is InChI=1S/C22H23N7O/c1-27-10-12-28(13-11-27)16-17-4-2-5-18(14-17)21-25-22(30-26-21)19-6-7-20(23-15-19)29-9-3-8-24-29/h2-9,14-15H,10-13,16H2,1H3. The lowest BCUT2D eigenvalue weighted by Gasteiger charge is -2.32. The number of likely N-dealkylation sites (N-methyl/N-ethyl adjacent to an activating group) is 1. The Morgan fingerprint density at radius 3 is 2.67 bits per heavy atom. The number of aromatic nitrogens is 5. The van der Waals surface area contributed by atoms with Crippen molar-refractivity contribution >= 4 is 0 Å². The van der Waals surface area contributed by atoms with Crippen LogP contribution in [0.3, 0.4) is 0 Å². The normalized spacial score (nSPS) is 15.5. The van der Waals surface area contributed by atoms with Crippen LogP contribution in [0.1, 0.15) is 5.56 Å². The Balaban J connectivity index is 1.31. The van der Waals surface area contributed by atoms with Gasteiger partial charge in [0.1, 0.15) is 0 Å². The van der Waals surface area contributed by atoms with E-state index in [9.17, 15) is 0 Å². The zero-order valence-electron chi connectivity index (χ0n) is 16.8. The summed E-state index contributed by atoms with van der Waals surface area (Å²) in [6.07, 6.45) is 5.29. The summed E-state index contributed by atoms with van der Waals surface area (Å²) in [5.74, 6) is 1.77. The maximum atomic E-state index is 5.50. The van der Waals surface area contributed by atoms with E-state index >= 15 is 0 Å². The summed E-state index contributed by atoms with van der Waals surface area (Å²) in [6, 6.07) is 14.0. The van der Waals surface area contributed by atoms with Crippen molar-refractivity contribution < 1.29 is 4.52 Å². The highest BCUT2D eigenvalue weighted by Crippen LogP contribution is 2.23. The van der Waals surface area contributed by atoms with Crippen molar-refractivity contribution in [1.82, 2.24) is 34.7 Å². The number of hydrogen-bond donors (Lipinski definition) is 0. The van der Waals surface area contributed by atoms with Crippen LogP contribution in [0.15, 0.2) is 65.6 Å². The van der Waals surface area contributed by atoms with Gasteiger partial charge < -0.3 is 9.42 Å². The summed E-state index contributed by atoms with van der Waals surface area (Å²) in [5.41, 5.74) is 2.99. The first-order chi connectivity index (χ1) is 14.7. The van der Waals surface area contributed by atoms with E-state index in [0.29, 0.717) is 11.7 Å². The highest BCUT2D eigenvalue weighted by atomic mass is 16.5. The molecule has 1 fully saturated rings. The van der Waals surface area contributed by atoms with Gasteiger partial charge in [0.2, 0.25) is 5.82 Å². The lowest BCUT2D eigenvalue weighted by atomic mass is 10.1. The maximum Gasteiger partial charge on any atom is 0.259 e. The zero-order valence-corrected chi connectivity index (χ0v) is 16.8. The van der Waals surface area contributed by atoms with Crippen LogP contribution in [0.5, 0.6) is 0 Å². The van der Waals surface area contributed by atoms with Crippen LogP contribution in [0.4, 0.5) is 0 Å². The smallest absolute Gasteiger partial charge is 0.259 e. The molecule has 1 saturated heterocycles. The average Bonchev–Trinajstić information content (AvgIpc) is 3.48. The van der Waals surface area contributed by atoms with Crippen molar-refractivity contribution in [2.75, 3.05) is 33.2 Å². The Kier molecular flexibility index (Phi) is 5.08. The number of rotatable bonds is 5. The number of hydrogen-bond acceptors (Lipinski definition) is 7. The first-order valence-corrected chi connectivity index (χ1v) is 10.0. The summed E-state index contributed by atoms with van der Waals surface area (Å²) in [5, 5.41) is 8.36. The fourth-order valence-corrected chi connectivity index (χ4v) is 3.58. The van der Waals surface area contributed by atoms with Crippen LogP contribution < -0.4 is 0 Å². The van der Waals surface area contributed by atoms with Crippen LogP contribution in [-0.4, -0.2) is 67.9 Å². The van der Waals surface area contributed by atoms with E-state index in [2.05, 4.69) is 55.3 Å². The topological polar surface area (TPSA) is 76.1 Å². The predicted molar refractivity (Wildman–Crippen MR) is 113 cm³/mol. The highest BCUT2D eigenvalue weighted by Gasteiger charge is 2.15. The minimum atomic E-state index is 0.453. The van der Waals surface area contributed by atoms with Gasteiger partial charge in [-0.1, -0.05) is 23.4 Å². The molecule has 0 amide bonds. The summed E-state index contributed by atoms with van der Waals surface area (Å²) < 4.78 is 7.20. The molecule has 0 atom stereocenters. The van der Waals surface area contributed by atoms with Gasteiger partial charge in [-0.05, 0) is 36.9 Å². The SMILES string of the molecule is CN1CCN(Cc2cccc(-c3noc(-c4ccc(-n5cccn5)nc4)n3)c2)CC1. The van der Waals surface area contributed by atoms with Gasteiger partial charge in [0, 0.05) is 56.9 Å². The number of nitrogens with zero attached hydrogens (tertiary/aromatic N) is 7. The molecule has 1 aromatic carbocycles. The van der Waals surface area contributed by atoms with Gasteiger partial charge in [-0.25, -0.2) is 9.67 Å². The second kappa shape index (κ2) is 8.17. The second-order valence-electron chi connectivity index (χ2n) is 7.56. The minimum absolute atomic E-state index is 0.453. The fraction of sp³-hybridized carbons (Fsp3) is 0.273. The second-order valence-corrected chi connectivity index (χ2v) is 7.56. The van der Waals surface area contributed by atoms with Crippen LogP contribution >= 0.6 is 0 Å². The third-order valence-corrected chi connectivity index (χ3v) is 5.35. The van der Waals surface area contributed by atoms with Crippen molar-refractivity contribution in [3.05, 3.63) is 66.6 Å². The molecule has 0 radical (unpaired) electrons. The fourth-order valence-electron chi connectivity index (χ4n) is 3.58. The summed E-state index contributed by atoms with van der Waals surface area (Å²) in [7, 11) is 2.17. The van der Waals surface area contributed by atoms with Gasteiger partial charge in [0.15, 0.2) is 5.82 Å². The lowest BCUT2D eigenvalue weighted by Crippen LogP contribution is -2.43. The summed E-state index contributed by atoms with van der Waals surface area (Å²) >= 11 is 0. The van der Waals surface area contributed by atoms with Crippen LogP contribution in [-0.2, 0) is 6.54 Å². The number of benzene rings is 1. The summed E-state index contributed by atoms with van der Waals surface area (Å²) in [4.78, 5) is 13.9. The van der Waals surface area contributed by atoms with Crippen molar-refractivity contribution in [1.29, 1.82) is 0 Å². The molecule has 0 unspecified atom stereocenters. The maximum absolute atomic E-state index is 5.50. The van der Waals surface area contributed by atoms with E-state index in [4.69, 9.17) is 4.52 Å². The molecule has 0 bridgehead atoms. The molecule has 0 aliphatic carbocycles. The molecule has 0 N–H and O–H groups in total. The molecular formula is C22H23N7O. The molecule has 8 nitrogen and oxygen atoms in total. The monoisotopic (exact) mass is 401 g/mol. The molecule has 5 rings (SSSR count). The van der Waals surface area contributed by atoms with Gasteiger partial charge in [-0.3, -0.25) is 4.90 Å². The average molecular weight is 401 g/mol. The molecule has 0 spiro atoms. The Bertz CT molecular complexity index is 1100. The minimum Gasteiger partial charge on any atom is -0.334 e. The zero-order chi connectivity index (χ0) is 20.3. The third kappa shape index (κ3) is 4.00. The number of pyridine rings is 1. The highest BCUT2D eigenvalue weighted by molar-refractivity contribution is 5.60. The molecule has 4 aromatic rings. The van der Waals surface area contributed by atoms with Crippen molar-refractivity contribution in [3.63, 3.8) is 0 Å². The largest absolute Gasteiger partial charge is 0.334 e. The molecule has 0 saturated carbocycles. The van der Waals surface area contributed by atoms with Crippen LogP contribution in [0, 0.1) is 0 Å². The van der Waals surface area contributed by atoms with Crippen molar-refractivity contribution in [3.8, 4) is 28.7 Å². The molecule has 30 heavy (non-hydrogen) atoms. The molecule has 1 aliphatic heterocycles. The molecule has 4 heterocycles. The van der Waals surface area contributed by atoms with Gasteiger partial charge in [-0.2, -0.15) is 10.1 Å². The predicted octanol–water partition coefficient (Wildman–Crippen LogP) is 2.73. The van der Waals surface area contributed by atoms with E-state index in [1.807, 2.05) is 30.5 Å².